The van der Waals surface area contributed by atoms with E-state index in [4.69, 9.17) is 18.4 Å². The van der Waals surface area contributed by atoms with E-state index < -0.39 is 16.2 Å². The van der Waals surface area contributed by atoms with Crippen LogP contribution in [-0.4, -0.2) is 46.5 Å². The summed E-state index contributed by atoms with van der Waals surface area (Å²) in [7, 11) is -3.43. The molecule has 1 aliphatic carbocycles. The lowest BCUT2D eigenvalue weighted by atomic mass is 9.98. The molecule has 2 amide bonds. The number of alkyl carbamates (subject to hydrolysis) is 1. The van der Waals surface area contributed by atoms with Crippen LogP contribution in [0.2, 0.25) is 0 Å². The van der Waals surface area contributed by atoms with Crippen molar-refractivity contribution in [3.05, 3.63) is 144 Å². The largest absolute Gasteiger partial charge is 0.494 e. The van der Waals surface area contributed by atoms with E-state index in [-0.39, 0.29) is 31.6 Å². The Balaban J connectivity index is 0.958. The number of carbonyl (C=O) groups excluding carboxylic acids is 2. The highest BCUT2D eigenvalue weighted by Gasteiger charge is 2.29. The van der Waals surface area contributed by atoms with Gasteiger partial charge in [-0.15, -0.1) is 0 Å². The van der Waals surface area contributed by atoms with Gasteiger partial charge >= 0.3 is 6.09 Å². The summed E-state index contributed by atoms with van der Waals surface area (Å²) >= 11 is 0. The van der Waals surface area contributed by atoms with Crippen molar-refractivity contribution in [2.24, 2.45) is 0 Å². The van der Waals surface area contributed by atoms with Crippen LogP contribution >= 0.6 is 0 Å². The van der Waals surface area contributed by atoms with Crippen molar-refractivity contribution in [2.45, 2.75) is 25.3 Å². The van der Waals surface area contributed by atoms with Crippen molar-refractivity contribution in [1.29, 1.82) is 0 Å². The van der Waals surface area contributed by atoms with E-state index in [1.54, 1.807) is 66.7 Å². The van der Waals surface area contributed by atoms with Crippen LogP contribution in [-0.2, 0) is 25.6 Å². The molecule has 51 heavy (non-hydrogen) atoms. The lowest BCUT2D eigenvalue weighted by molar-refractivity contribution is 0.102. The molecule has 0 heterocycles. The highest BCUT2D eigenvalue weighted by Crippen LogP contribution is 2.44. The molecule has 5 aromatic rings. The van der Waals surface area contributed by atoms with E-state index in [9.17, 15) is 18.0 Å². The number of hydrogen-bond acceptors (Lipinski definition) is 8. The summed E-state index contributed by atoms with van der Waals surface area (Å²) in [5.74, 6) is 1.34. The Morgan fingerprint density at radius 3 is 2.00 bits per heavy atom. The molecular weight excluding hydrogens is 669 g/mol. The van der Waals surface area contributed by atoms with Crippen molar-refractivity contribution in [1.82, 2.24) is 5.32 Å². The van der Waals surface area contributed by atoms with Gasteiger partial charge in [0.25, 0.3) is 16.0 Å². The van der Waals surface area contributed by atoms with Crippen LogP contribution in [0.5, 0.6) is 17.2 Å². The Bertz CT molecular complexity index is 2040. The van der Waals surface area contributed by atoms with Gasteiger partial charge in [-0.3, -0.25) is 8.98 Å². The van der Waals surface area contributed by atoms with Crippen LogP contribution in [0.15, 0.2) is 121 Å². The average Bonchev–Trinajstić information content (AvgIpc) is 3.46. The van der Waals surface area contributed by atoms with Crippen LogP contribution in [0.4, 0.5) is 10.5 Å². The van der Waals surface area contributed by atoms with E-state index in [1.807, 2.05) is 30.3 Å². The lowest BCUT2D eigenvalue weighted by Gasteiger charge is -2.15. The molecule has 1 aliphatic rings. The second-order valence-electron chi connectivity index (χ2n) is 12.0. The second-order valence-corrected chi connectivity index (χ2v) is 13.6. The molecule has 0 spiro atoms. The van der Waals surface area contributed by atoms with E-state index in [2.05, 4.69) is 34.9 Å². The average molecular weight is 707 g/mol. The molecule has 0 saturated carbocycles. The summed E-state index contributed by atoms with van der Waals surface area (Å²) in [6.07, 6.45) is 1.72. The van der Waals surface area contributed by atoms with Crippen molar-refractivity contribution in [2.75, 3.05) is 31.4 Å². The second kappa shape index (κ2) is 16.4. The number of ether oxygens (including phenoxy) is 3. The summed E-state index contributed by atoms with van der Waals surface area (Å²) in [4.78, 5) is 25.8. The maximum absolute atomic E-state index is 13.1. The van der Waals surface area contributed by atoms with E-state index >= 15 is 0 Å². The predicted octanol–water partition coefficient (Wildman–Crippen LogP) is 7.91. The molecule has 11 heteroatoms. The molecule has 0 saturated heterocycles. The third kappa shape index (κ3) is 9.53. The van der Waals surface area contributed by atoms with Gasteiger partial charge in [-0.2, -0.15) is 8.42 Å². The van der Waals surface area contributed by atoms with Gasteiger partial charge in [0.2, 0.25) is 0 Å². The zero-order chi connectivity index (χ0) is 35.6. The predicted molar refractivity (Wildman–Crippen MR) is 195 cm³/mol. The molecular formula is C40H38N2O8S. The Morgan fingerprint density at radius 2 is 1.31 bits per heavy atom. The number of amides is 2. The number of anilines is 1. The van der Waals surface area contributed by atoms with Gasteiger partial charge in [-0.1, -0.05) is 72.8 Å². The Kier molecular flexibility index (Phi) is 11.3. The Hall–Kier alpha value is -5.65. The summed E-state index contributed by atoms with van der Waals surface area (Å²) in [5.41, 5.74) is 6.41. The highest BCUT2D eigenvalue weighted by molar-refractivity contribution is 7.85. The first-order valence-electron chi connectivity index (χ1n) is 16.6. The monoisotopic (exact) mass is 706 g/mol. The smallest absolute Gasteiger partial charge is 0.407 e. The van der Waals surface area contributed by atoms with Gasteiger partial charge in [-0.05, 0) is 89.2 Å². The van der Waals surface area contributed by atoms with Crippen molar-refractivity contribution >= 4 is 27.8 Å². The van der Waals surface area contributed by atoms with Gasteiger partial charge in [0.15, 0.2) is 5.75 Å². The minimum absolute atomic E-state index is 0.0166. The van der Waals surface area contributed by atoms with Crippen LogP contribution < -0.4 is 20.1 Å². The van der Waals surface area contributed by atoms with Gasteiger partial charge in [-0.25, -0.2) is 4.79 Å². The number of unbranched alkanes of at least 4 members (excludes halogenated alkanes) is 1. The Morgan fingerprint density at radius 1 is 0.706 bits per heavy atom. The maximum Gasteiger partial charge on any atom is 0.407 e. The minimum atomic E-state index is -3.43. The maximum atomic E-state index is 13.1. The number of fused-ring (bicyclic) bond motifs is 3. The molecule has 0 bridgehead atoms. The summed E-state index contributed by atoms with van der Waals surface area (Å²) < 4.78 is 44.2. The summed E-state index contributed by atoms with van der Waals surface area (Å²) in [6.45, 7) is 1.02. The third-order valence-corrected chi connectivity index (χ3v) is 8.88. The zero-order valence-electron chi connectivity index (χ0n) is 28.0. The Labute approximate surface area is 297 Å². The zero-order valence-corrected chi connectivity index (χ0v) is 28.9. The number of rotatable bonds is 15. The molecule has 0 fully saturated rings. The van der Waals surface area contributed by atoms with E-state index in [0.29, 0.717) is 47.9 Å². The first kappa shape index (κ1) is 35.2. The number of hydrogen-bond donors (Lipinski definition) is 2. The van der Waals surface area contributed by atoms with Crippen LogP contribution in [0.3, 0.4) is 0 Å². The molecule has 0 aromatic heterocycles. The standard InChI is InChI=1S/C40H38N2O8S/c1-51(45,46)49-25-9-8-24-47-30-20-22-31(23-21-30)50-38-15-7-6-14-37(38)42-39(43)29-18-16-28(17-19-29)26-41-40(44)48-27-36-34-12-4-2-10-32(34)33-11-3-5-13-35(33)36/h2-7,10-23,36H,8-9,24-27H2,1H3,(H,41,44)(H,42,43). The van der Waals surface area contributed by atoms with Crippen molar-refractivity contribution < 1.29 is 36.4 Å². The third-order valence-electron chi connectivity index (χ3n) is 8.29. The van der Waals surface area contributed by atoms with Gasteiger partial charge < -0.3 is 24.8 Å². The molecule has 0 atom stereocenters. The van der Waals surface area contributed by atoms with E-state index in [0.717, 1.165) is 22.9 Å². The molecule has 5 aromatic carbocycles. The molecule has 0 aliphatic heterocycles. The van der Waals surface area contributed by atoms with Crippen molar-refractivity contribution in [3.63, 3.8) is 0 Å². The topological polar surface area (TPSA) is 129 Å². The summed E-state index contributed by atoms with van der Waals surface area (Å²) in [5, 5.41) is 5.72. The minimum Gasteiger partial charge on any atom is -0.494 e. The van der Waals surface area contributed by atoms with Gasteiger partial charge in [0.1, 0.15) is 18.1 Å². The summed E-state index contributed by atoms with van der Waals surface area (Å²) in [6, 6.07) is 37.6. The fourth-order valence-electron chi connectivity index (χ4n) is 5.79. The number of benzene rings is 5. The molecule has 6 rings (SSSR count). The molecule has 0 unspecified atom stereocenters. The molecule has 262 valence electrons. The van der Waals surface area contributed by atoms with Crippen LogP contribution in [0.1, 0.15) is 45.8 Å². The molecule has 0 radical (unpaired) electrons. The first-order chi connectivity index (χ1) is 24.7. The normalized spacial score (nSPS) is 12.0. The van der Waals surface area contributed by atoms with Gasteiger partial charge in [0.05, 0.1) is 25.2 Å². The van der Waals surface area contributed by atoms with Crippen LogP contribution in [0, 0.1) is 0 Å². The number of carbonyl (C=O) groups is 2. The SMILES string of the molecule is CS(=O)(=O)OCCCCOc1ccc(Oc2ccccc2NC(=O)c2ccc(CNC(=O)OCC3c4ccccc4-c4ccccc43)cc2)cc1. The fourth-order valence-corrected chi connectivity index (χ4v) is 6.21. The first-order valence-corrected chi connectivity index (χ1v) is 18.4. The lowest BCUT2D eigenvalue weighted by Crippen LogP contribution is -2.25. The molecule has 10 nitrogen and oxygen atoms in total. The van der Waals surface area contributed by atoms with Crippen molar-refractivity contribution in [3.8, 4) is 28.4 Å². The molecule has 2 N–H and O–H groups in total. The number of nitrogens with one attached hydrogen (secondary N) is 2. The fraction of sp³-hybridized carbons (Fsp3) is 0.200. The van der Waals surface area contributed by atoms with Gasteiger partial charge in [0, 0.05) is 18.0 Å². The quantitative estimate of drug-likeness (QED) is 0.0831. The highest BCUT2D eigenvalue weighted by atomic mass is 32.2. The van der Waals surface area contributed by atoms with Crippen LogP contribution in [0.25, 0.3) is 11.1 Å². The van der Waals surface area contributed by atoms with E-state index in [1.165, 1.54) is 11.1 Å². The number of para-hydroxylation sites is 2.